The maximum Gasteiger partial charge on any atom is 0.122 e. The summed E-state index contributed by atoms with van der Waals surface area (Å²) in [7, 11) is 1.64. The zero-order chi connectivity index (χ0) is 15.1. The summed E-state index contributed by atoms with van der Waals surface area (Å²) in [6.07, 6.45) is 1.81. The van der Waals surface area contributed by atoms with Crippen LogP contribution in [0.3, 0.4) is 0 Å². The fourth-order valence-corrected chi connectivity index (χ4v) is 2.58. The van der Waals surface area contributed by atoms with Crippen LogP contribution in [-0.2, 0) is 6.42 Å². The second kappa shape index (κ2) is 7.89. The highest BCUT2D eigenvalue weighted by Gasteiger charge is 2.02. The van der Waals surface area contributed by atoms with Crippen LogP contribution in [0.25, 0.3) is 0 Å². The molecule has 0 unspecified atom stereocenters. The summed E-state index contributed by atoms with van der Waals surface area (Å²) >= 11 is 2.30. The van der Waals surface area contributed by atoms with Crippen LogP contribution < -0.4 is 9.47 Å². The van der Waals surface area contributed by atoms with Crippen LogP contribution in [0.4, 0.5) is 0 Å². The van der Waals surface area contributed by atoms with E-state index < -0.39 is 0 Å². The monoisotopic (exact) mass is 393 g/mol. The predicted molar refractivity (Wildman–Crippen MR) is 90.7 cm³/mol. The van der Waals surface area contributed by atoms with Gasteiger partial charge in [0.15, 0.2) is 0 Å². The first-order valence-electron chi connectivity index (χ1n) is 6.68. The Kier molecular flexibility index (Phi) is 5.88. The van der Waals surface area contributed by atoms with E-state index in [0.29, 0.717) is 12.2 Å². The van der Waals surface area contributed by atoms with Crippen molar-refractivity contribution < 1.29 is 9.47 Å². The summed E-state index contributed by atoms with van der Waals surface area (Å²) in [5.74, 6) is 1.61. The fraction of sp³-hybridized carbons (Fsp3) is 0.235. The van der Waals surface area contributed by atoms with Crippen molar-refractivity contribution in [1.29, 1.82) is 5.26 Å². The largest absolute Gasteiger partial charge is 0.497 e. The Balaban J connectivity index is 1.86. The molecule has 3 nitrogen and oxygen atoms in total. The van der Waals surface area contributed by atoms with Gasteiger partial charge >= 0.3 is 0 Å². The van der Waals surface area contributed by atoms with Crippen molar-refractivity contribution >= 4 is 22.6 Å². The van der Waals surface area contributed by atoms with E-state index in [1.807, 2.05) is 42.5 Å². The molecule has 0 spiro atoms. The molecule has 0 aliphatic heterocycles. The highest BCUT2D eigenvalue weighted by molar-refractivity contribution is 14.1. The second-order valence-electron chi connectivity index (χ2n) is 4.55. The summed E-state index contributed by atoms with van der Waals surface area (Å²) in [5, 5.41) is 8.93. The van der Waals surface area contributed by atoms with E-state index in [1.165, 1.54) is 9.13 Å². The van der Waals surface area contributed by atoms with Gasteiger partial charge in [-0.05, 0) is 71.3 Å². The van der Waals surface area contributed by atoms with E-state index >= 15 is 0 Å². The number of hydrogen-bond donors (Lipinski definition) is 0. The zero-order valence-electron chi connectivity index (χ0n) is 11.8. The van der Waals surface area contributed by atoms with Gasteiger partial charge in [0.2, 0.25) is 0 Å². The molecule has 0 atom stereocenters. The molecule has 0 amide bonds. The number of hydrogen-bond acceptors (Lipinski definition) is 3. The molecule has 2 aromatic rings. The minimum absolute atomic E-state index is 0.639. The third kappa shape index (κ3) is 4.64. The second-order valence-corrected chi connectivity index (χ2v) is 5.71. The molecule has 2 aromatic carbocycles. The summed E-state index contributed by atoms with van der Waals surface area (Å²) < 4.78 is 12.1. The Morgan fingerprint density at radius 2 is 1.95 bits per heavy atom. The van der Waals surface area contributed by atoms with Crippen molar-refractivity contribution in [2.45, 2.75) is 12.8 Å². The summed E-state index contributed by atoms with van der Waals surface area (Å²) in [5.41, 5.74) is 1.91. The normalized spacial score (nSPS) is 9.95. The highest BCUT2D eigenvalue weighted by Crippen LogP contribution is 2.20. The van der Waals surface area contributed by atoms with Crippen LogP contribution >= 0.6 is 22.6 Å². The number of benzene rings is 2. The van der Waals surface area contributed by atoms with E-state index in [9.17, 15) is 0 Å². The van der Waals surface area contributed by atoms with Crippen molar-refractivity contribution in [3.8, 4) is 17.6 Å². The third-order valence-electron chi connectivity index (χ3n) is 3.08. The average molecular weight is 393 g/mol. The molecule has 0 heterocycles. The minimum Gasteiger partial charge on any atom is -0.497 e. The molecule has 0 bridgehead atoms. The fourth-order valence-electron chi connectivity index (χ4n) is 1.98. The Morgan fingerprint density at radius 1 is 1.14 bits per heavy atom. The van der Waals surface area contributed by atoms with Gasteiger partial charge in [0, 0.05) is 9.64 Å². The Morgan fingerprint density at radius 3 is 2.71 bits per heavy atom. The summed E-state index contributed by atoms with van der Waals surface area (Å²) in [6, 6.07) is 15.6. The number of aryl methyl sites for hydroxylation is 1. The molecule has 0 aromatic heterocycles. The molecule has 0 N–H and O–H groups in total. The lowest BCUT2D eigenvalue weighted by atomic mass is 10.1. The Labute approximate surface area is 138 Å². The first kappa shape index (κ1) is 15.6. The SMILES string of the molecule is COc1cccc(OCCCc2cc(C#N)ccc2I)c1. The van der Waals surface area contributed by atoms with E-state index in [4.69, 9.17) is 14.7 Å². The van der Waals surface area contributed by atoms with E-state index in [0.717, 1.165) is 24.3 Å². The number of halogens is 1. The number of nitrogens with zero attached hydrogens (tertiary/aromatic N) is 1. The number of ether oxygens (including phenoxy) is 2. The Hall–Kier alpha value is -1.74. The highest BCUT2D eigenvalue weighted by atomic mass is 127. The molecule has 2 rings (SSSR count). The van der Waals surface area contributed by atoms with Crippen LogP contribution in [0.15, 0.2) is 42.5 Å². The molecule has 0 aliphatic rings. The standard InChI is InChI=1S/C17H16INO2/c1-20-15-5-2-6-16(11-15)21-9-3-4-14-10-13(12-19)7-8-17(14)18/h2,5-8,10-11H,3-4,9H2,1H3. The molecule has 0 radical (unpaired) electrons. The maximum absolute atomic E-state index is 8.93. The number of methoxy groups -OCH3 is 1. The van der Waals surface area contributed by atoms with E-state index in [2.05, 4.69) is 28.7 Å². The van der Waals surface area contributed by atoms with Gasteiger partial charge in [-0.2, -0.15) is 5.26 Å². The third-order valence-corrected chi connectivity index (χ3v) is 4.13. The van der Waals surface area contributed by atoms with Gasteiger partial charge in [-0.15, -0.1) is 0 Å². The zero-order valence-corrected chi connectivity index (χ0v) is 14.0. The lowest BCUT2D eigenvalue weighted by molar-refractivity contribution is 0.308. The molecule has 0 aliphatic carbocycles. The lowest BCUT2D eigenvalue weighted by Crippen LogP contribution is -2.01. The van der Waals surface area contributed by atoms with E-state index in [1.54, 1.807) is 7.11 Å². The van der Waals surface area contributed by atoms with Gasteiger partial charge in [0.25, 0.3) is 0 Å². The van der Waals surface area contributed by atoms with Gasteiger partial charge in [-0.3, -0.25) is 0 Å². The van der Waals surface area contributed by atoms with Gasteiger partial charge < -0.3 is 9.47 Å². The molecule has 0 saturated heterocycles. The topological polar surface area (TPSA) is 42.2 Å². The van der Waals surface area contributed by atoms with Crippen molar-refractivity contribution in [1.82, 2.24) is 0 Å². The van der Waals surface area contributed by atoms with Crippen molar-refractivity contribution in [3.63, 3.8) is 0 Å². The van der Waals surface area contributed by atoms with Crippen molar-refractivity contribution in [2.75, 3.05) is 13.7 Å². The first-order chi connectivity index (χ1) is 10.2. The smallest absolute Gasteiger partial charge is 0.122 e. The molecular formula is C17H16INO2. The van der Waals surface area contributed by atoms with Crippen molar-refractivity contribution in [3.05, 3.63) is 57.2 Å². The quantitative estimate of drug-likeness (QED) is 0.546. The predicted octanol–water partition coefficient (Wildman–Crippen LogP) is 4.18. The summed E-state index contributed by atoms with van der Waals surface area (Å²) in [4.78, 5) is 0. The molecule has 0 saturated carbocycles. The molecule has 0 fully saturated rings. The van der Waals surface area contributed by atoms with Crippen LogP contribution in [-0.4, -0.2) is 13.7 Å². The van der Waals surface area contributed by atoms with Gasteiger partial charge in [-0.1, -0.05) is 6.07 Å². The van der Waals surface area contributed by atoms with Crippen LogP contribution in [0, 0.1) is 14.9 Å². The van der Waals surface area contributed by atoms with Crippen molar-refractivity contribution in [2.24, 2.45) is 0 Å². The van der Waals surface area contributed by atoms with Gasteiger partial charge in [0.1, 0.15) is 11.5 Å². The molecule has 4 heteroatoms. The number of nitriles is 1. The molecular weight excluding hydrogens is 377 g/mol. The van der Waals surface area contributed by atoms with Gasteiger partial charge in [-0.25, -0.2) is 0 Å². The number of rotatable bonds is 6. The molecule has 108 valence electrons. The molecule has 21 heavy (non-hydrogen) atoms. The van der Waals surface area contributed by atoms with Gasteiger partial charge in [0.05, 0.1) is 25.3 Å². The van der Waals surface area contributed by atoms with Crippen LogP contribution in [0.2, 0.25) is 0 Å². The Bertz CT molecular complexity index is 649. The maximum atomic E-state index is 8.93. The van der Waals surface area contributed by atoms with E-state index in [-0.39, 0.29) is 0 Å². The average Bonchev–Trinajstić information content (AvgIpc) is 2.53. The van der Waals surface area contributed by atoms with Crippen LogP contribution in [0.1, 0.15) is 17.5 Å². The first-order valence-corrected chi connectivity index (χ1v) is 7.76. The van der Waals surface area contributed by atoms with Crippen LogP contribution in [0.5, 0.6) is 11.5 Å². The summed E-state index contributed by atoms with van der Waals surface area (Å²) in [6.45, 7) is 0.639. The minimum atomic E-state index is 0.639. The lowest BCUT2D eigenvalue weighted by Gasteiger charge is -2.08.